The topological polar surface area (TPSA) is 57.5 Å². The van der Waals surface area contributed by atoms with E-state index < -0.39 is 5.41 Å². The Labute approximate surface area is 116 Å². The van der Waals surface area contributed by atoms with E-state index in [4.69, 9.17) is 9.47 Å². The van der Waals surface area contributed by atoms with E-state index >= 15 is 0 Å². The molecular weight excluding hydrogens is 242 g/mol. The van der Waals surface area contributed by atoms with E-state index in [1.807, 2.05) is 13.8 Å². The Bertz CT molecular complexity index is 317. The minimum atomic E-state index is -0.446. The van der Waals surface area contributed by atoms with Crippen molar-refractivity contribution in [1.82, 2.24) is 5.32 Å². The van der Waals surface area contributed by atoms with Gasteiger partial charge in [-0.3, -0.25) is 4.79 Å². The number of carbonyl (C=O) groups is 1. The Morgan fingerprint density at radius 2 is 1.95 bits per heavy atom. The third-order valence-corrected chi connectivity index (χ3v) is 4.59. The highest BCUT2D eigenvalue weighted by Gasteiger charge is 2.44. The Morgan fingerprint density at radius 1 is 1.32 bits per heavy atom. The largest absolute Gasteiger partial charge is 0.438 e. The molecule has 0 spiro atoms. The van der Waals surface area contributed by atoms with Crippen molar-refractivity contribution in [2.75, 3.05) is 19.9 Å². The van der Waals surface area contributed by atoms with E-state index in [0.29, 0.717) is 6.61 Å². The van der Waals surface area contributed by atoms with Gasteiger partial charge in [-0.25, -0.2) is 0 Å². The van der Waals surface area contributed by atoms with Crippen LogP contribution in [0.25, 0.3) is 0 Å². The average Bonchev–Trinajstić information content (AvgIpc) is 3.19. The fourth-order valence-electron chi connectivity index (χ4n) is 2.83. The fourth-order valence-corrected chi connectivity index (χ4v) is 2.83. The number of esters is 1. The second kappa shape index (κ2) is 5.80. The average molecular weight is 269 g/mol. The number of nitrogens with one attached hydrogen (secondary N) is 1. The molecule has 1 aliphatic heterocycles. The zero-order chi connectivity index (χ0) is 13.9. The second-order valence-electron chi connectivity index (χ2n) is 6.95. The van der Waals surface area contributed by atoms with Gasteiger partial charge < -0.3 is 14.8 Å². The standard InChI is InChI=1S/C15H27NO3/c1-14(2,12-9-16-12)13(17)19-11-18-10-15(3)7-5-4-6-8-15/h12,16H,4-11H2,1-3H3. The van der Waals surface area contributed by atoms with Crippen LogP contribution in [-0.2, 0) is 14.3 Å². The Balaban J connectivity index is 1.64. The molecular formula is C15H27NO3. The van der Waals surface area contributed by atoms with Crippen LogP contribution in [0.5, 0.6) is 0 Å². The SMILES string of the molecule is CC1(COCOC(=O)C(C)(C)C2CN2)CCCCC1. The molecule has 2 rings (SSSR count). The lowest BCUT2D eigenvalue weighted by Crippen LogP contribution is -2.34. The van der Waals surface area contributed by atoms with Gasteiger partial charge in [0.1, 0.15) is 0 Å². The van der Waals surface area contributed by atoms with Gasteiger partial charge in [-0.2, -0.15) is 0 Å². The van der Waals surface area contributed by atoms with Gasteiger partial charge in [0.25, 0.3) is 0 Å². The van der Waals surface area contributed by atoms with E-state index in [0.717, 1.165) is 6.54 Å². The molecule has 1 unspecified atom stereocenters. The molecule has 19 heavy (non-hydrogen) atoms. The van der Waals surface area contributed by atoms with Crippen LogP contribution in [0, 0.1) is 10.8 Å². The molecule has 1 N–H and O–H groups in total. The van der Waals surface area contributed by atoms with Crippen molar-refractivity contribution >= 4 is 5.97 Å². The van der Waals surface area contributed by atoms with Crippen LogP contribution < -0.4 is 5.32 Å². The molecule has 1 atom stereocenters. The van der Waals surface area contributed by atoms with E-state index in [9.17, 15) is 4.79 Å². The van der Waals surface area contributed by atoms with Crippen LogP contribution in [0.2, 0.25) is 0 Å². The summed E-state index contributed by atoms with van der Waals surface area (Å²) in [5.41, 5.74) is -0.170. The summed E-state index contributed by atoms with van der Waals surface area (Å²) in [5, 5.41) is 3.16. The Kier molecular flexibility index (Phi) is 4.51. The first-order valence-electron chi connectivity index (χ1n) is 7.42. The first kappa shape index (κ1) is 14.8. The molecule has 4 nitrogen and oxygen atoms in total. The highest BCUT2D eigenvalue weighted by molar-refractivity contribution is 5.77. The first-order chi connectivity index (χ1) is 8.94. The van der Waals surface area contributed by atoms with Crippen LogP contribution in [0.3, 0.4) is 0 Å². The highest BCUT2D eigenvalue weighted by atomic mass is 16.7. The summed E-state index contributed by atoms with van der Waals surface area (Å²) in [7, 11) is 0. The van der Waals surface area contributed by atoms with Crippen molar-refractivity contribution in [1.29, 1.82) is 0 Å². The van der Waals surface area contributed by atoms with Gasteiger partial charge in [-0.1, -0.05) is 26.2 Å². The van der Waals surface area contributed by atoms with Crippen molar-refractivity contribution in [2.45, 2.75) is 58.9 Å². The first-order valence-corrected chi connectivity index (χ1v) is 7.42. The number of rotatable bonds is 6. The van der Waals surface area contributed by atoms with E-state index in [1.54, 1.807) is 0 Å². The number of hydrogen-bond acceptors (Lipinski definition) is 4. The van der Waals surface area contributed by atoms with E-state index in [-0.39, 0.29) is 24.2 Å². The highest BCUT2D eigenvalue weighted by Crippen LogP contribution is 2.35. The van der Waals surface area contributed by atoms with Gasteiger partial charge >= 0.3 is 5.97 Å². The van der Waals surface area contributed by atoms with Crippen molar-refractivity contribution in [3.8, 4) is 0 Å². The van der Waals surface area contributed by atoms with E-state index in [2.05, 4.69) is 12.2 Å². The van der Waals surface area contributed by atoms with Crippen LogP contribution in [0.15, 0.2) is 0 Å². The third kappa shape index (κ3) is 3.93. The molecule has 4 heteroatoms. The molecule has 0 aromatic heterocycles. The molecule has 0 aromatic carbocycles. The molecule has 2 fully saturated rings. The molecule has 1 saturated carbocycles. The summed E-state index contributed by atoms with van der Waals surface area (Å²) in [6.45, 7) is 7.80. The van der Waals surface area contributed by atoms with Crippen molar-refractivity contribution < 1.29 is 14.3 Å². The Morgan fingerprint density at radius 3 is 2.53 bits per heavy atom. The van der Waals surface area contributed by atoms with Gasteiger partial charge in [0.2, 0.25) is 0 Å². The number of ether oxygens (including phenoxy) is 2. The summed E-state index contributed by atoms with van der Waals surface area (Å²) in [6, 6.07) is 0.260. The van der Waals surface area contributed by atoms with Crippen LogP contribution in [-0.4, -0.2) is 32.0 Å². The summed E-state index contributed by atoms with van der Waals surface area (Å²) in [4.78, 5) is 11.9. The van der Waals surface area contributed by atoms with Gasteiger partial charge in [-0.15, -0.1) is 0 Å². The monoisotopic (exact) mass is 269 g/mol. The van der Waals surface area contributed by atoms with Crippen molar-refractivity contribution in [3.63, 3.8) is 0 Å². The quantitative estimate of drug-likeness (QED) is 0.348. The summed E-state index contributed by atoms with van der Waals surface area (Å²) >= 11 is 0. The molecule has 0 radical (unpaired) electrons. The van der Waals surface area contributed by atoms with Gasteiger partial charge in [0.15, 0.2) is 6.79 Å². The van der Waals surface area contributed by atoms with E-state index in [1.165, 1.54) is 32.1 Å². The molecule has 1 saturated heterocycles. The summed E-state index contributed by atoms with van der Waals surface area (Å²) < 4.78 is 10.8. The number of hydrogen-bond donors (Lipinski definition) is 1. The zero-order valence-electron chi connectivity index (χ0n) is 12.5. The van der Waals surface area contributed by atoms with Gasteiger partial charge in [-0.05, 0) is 32.1 Å². The smallest absolute Gasteiger partial charge is 0.315 e. The zero-order valence-corrected chi connectivity index (χ0v) is 12.5. The maximum atomic E-state index is 11.9. The van der Waals surface area contributed by atoms with Crippen LogP contribution in [0.4, 0.5) is 0 Å². The van der Waals surface area contributed by atoms with Crippen LogP contribution >= 0.6 is 0 Å². The minimum absolute atomic E-state index is 0.0879. The molecule has 110 valence electrons. The summed E-state index contributed by atoms with van der Waals surface area (Å²) in [5.74, 6) is -0.170. The molecule has 1 aliphatic carbocycles. The Hall–Kier alpha value is -0.610. The second-order valence-corrected chi connectivity index (χ2v) is 6.95. The third-order valence-electron chi connectivity index (χ3n) is 4.59. The fraction of sp³-hybridized carbons (Fsp3) is 0.933. The molecule has 0 aromatic rings. The van der Waals surface area contributed by atoms with Crippen LogP contribution in [0.1, 0.15) is 52.9 Å². The minimum Gasteiger partial charge on any atom is -0.438 e. The molecule has 2 aliphatic rings. The lowest BCUT2D eigenvalue weighted by molar-refractivity contribution is -0.169. The molecule has 0 bridgehead atoms. The lowest BCUT2D eigenvalue weighted by atomic mass is 9.76. The maximum absolute atomic E-state index is 11.9. The van der Waals surface area contributed by atoms with Crippen molar-refractivity contribution in [2.24, 2.45) is 10.8 Å². The number of carbonyl (C=O) groups excluding carboxylic acids is 1. The summed E-state index contributed by atoms with van der Waals surface area (Å²) in [6.07, 6.45) is 6.37. The van der Waals surface area contributed by atoms with Gasteiger partial charge in [0.05, 0.1) is 12.0 Å². The molecule has 1 heterocycles. The lowest BCUT2D eigenvalue weighted by Gasteiger charge is -2.33. The normalized spacial score (nSPS) is 25.9. The predicted molar refractivity (Wildman–Crippen MR) is 73.7 cm³/mol. The van der Waals surface area contributed by atoms with Crippen molar-refractivity contribution in [3.05, 3.63) is 0 Å². The van der Waals surface area contributed by atoms with Gasteiger partial charge in [0, 0.05) is 12.6 Å². The maximum Gasteiger partial charge on any atom is 0.315 e. The molecule has 0 amide bonds. The predicted octanol–water partition coefficient (Wildman–Crippen LogP) is 2.47.